The first-order chi connectivity index (χ1) is 10.7. The van der Waals surface area contributed by atoms with Gasteiger partial charge in [-0.05, 0) is 25.0 Å². The molecule has 0 aromatic heterocycles. The summed E-state index contributed by atoms with van der Waals surface area (Å²) in [6.07, 6.45) is 7.00. The van der Waals surface area contributed by atoms with E-state index in [0.29, 0.717) is 22.9 Å². The highest BCUT2D eigenvalue weighted by molar-refractivity contribution is 7.99. The molecule has 4 nitrogen and oxygen atoms in total. The van der Waals surface area contributed by atoms with Gasteiger partial charge in [0.25, 0.3) is 0 Å². The molecule has 5 heteroatoms. The standard InChI is InChI=1S/C17H23NO3S/c1-21-17(20)14-9-5-6-10-15(14)18-16(19)11-12-22-13-7-3-2-4-8-13/h5-6,9-10,13H,2-4,7-8,11-12H2,1H3,(H,18,19). The van der Waals surface area contributed by atoms with Crippen LogP contribution < -0.4 is 5.32 Å². The molecule has 1 N–H and O–H groups in total. The summed E-state index contributed by atoms with van der Waals surface area (Å²) in [6, 6.07) is 6.91. The summed E-state index contributed by atoms with van der Waals surface area (Å²) >= 11 is 1.90. The summed E-state index contributed by atoms with van der Waals surface area (Å²) in [5.41, 5.74) is 0.903. The van der Waals surface area contributed by atoms with Crippen LogP contribution in [0.5, 0.6) is 0 Å². The molecule has 1 aliphatic rings. The molecule has 1 aromatic rings. The fraction of sp³-hybridized carbons (Fsp3) is 0.529. The number of rotatable bonds is 6. The average Bonchev–Trinajstić information content (AvgIpc) is 2.55. The molecule has 0 atom stereocenters. The number of thioether (sulfide) groups is 1. The smallest absolute Gasteiger partial charge is 0.339 e. The predicted molar refractivity (Wildman–Crippen MR) is 90.4 cm³/mol. The minimum atomic E-state index is -0.438. The molecule has 1 amide bonds. The van der Waals surface area contributed by atoms with Crippen molar-refractivity contribution in [3.05, 3.63) is 29.8 Å². The van der Waals surface area contributed by atoms with Crippen LogP contribution in [0, 0.1) is 0 Å². The maximum Gasteiger partial charge on any atom is 0.339 e. The highest BCUT2D eigenvalue weighted by atomic mass is 32.2. The fourth-order valence-corrected chi connectivity index (χ4v) is 3.95. The Balaban J connectivity index is 1.80. The molecular formula is C17H23NO3S. The van der Waals surface area contributed by atoms with Gasteiger partial charge in [-0.15, -0.1) is 0 Å². The van der Waals surface area contributed by atoms with Gasteiger partial charge in [-0.25, -0.2) is 4.79 Å². The third kappa shape index (κ3) is 5.05. The van der Waals surface area contributed by atoms with E-state index >= 15 is 0 Å². The van der Waals surface area contributed by atoms with Crippen LogP contribution in [0.15, 0.2) is 24.3 Å². The third-order valence-corrected chi connectivity index (χ3v) is 5.22. The van der Waals surface area contributed by atoms with E-state index < -0.39 is 5.97 Å². The second kappa shape index (κ2) is 8.83. The summed E-state index contributed by atoms with van der Waals surface area (Å²) in [5, 5.41) is 3.52. The number of nitrogens with one attached hydrogen (secondary N) is 1. The number of ether oxygens (including phenoxy) is 1. The van der Waals surface area contributed by atoms with Crippen molar-refractivity contribution < 1.29 is 14.3 Å². The summed E-state index contributed by atoms with van der Waals surface area (Å²) < 4.78 is 4.72. The number of carbonyl (C=O) groups excluding carboxylic acids is 2. The maximum absolute atomic E-state index is 12.0. The minimum Gasteiger partial charge on any atom is -0.465 e. The zero-order valence-corrected chi connectivity index (χ0v) is 13.8. The molecule has 0 unspecified atom stereocenters. The number of benzene rings is 1. The highest BCUT2D eigenvalue weighted by Gasteiger charge is 2.15. The van der Waals surface area contributed by atoms with Gasteiger partial charge in [0.15, 0.2) is 0 Å². The normalized spacial score (nSPS) is 15.3. The van der Waals surface area contributed by atoms with E-state index in [0.717, 1.165) is 5.75 Å². The Morgan fingerprint density at radius 2 is 1.95 bits per heavy atom. The van der Waals surface area contributed by atoms with E-state index in [1.165, 1.54) is 39.2 Å². The molecular weight excluding hydrogens is 298 g/mol. The van der Waals surface area contributed by atoms with Crippen LogP contribution in [0.25, 0.3) is 0 Å². The lowest BCUT2D eigenvalue weighted by Crippen LogP contribution is -2.16. The molecule has 0 saturated heterocycles. The number of amides is 1. The van der Waals surface area contributed by atoms with E-state index in [-0.39, 0.29) is 5.91 Å². The highest BCUT2D eigenvalue weighted by Crippen LogP contribution is 2.28. The molecule has 120 valence electrons. The molecule has 0 aliphatic heterocycles. The van der Waals surface area contributed by atoms with Crippen molar-refractivity contribution in [2.75, 3.05) is 18.2 Å². The third-order valence-electron chi connectivity index (χ3n) is 3.84. The molecule has 1 aliphatic carbocycles. The van der Waals surface area contributed by atoms with Crippen molar-refractivity contribution >= 4 is 29.3 Å². The van der Waals surface area contributed by atoms with Crippen LogP contribution in [0.2, 0.25) is 0 Å². The van der Waals surface area contributed by atoms with Gasteiger partial charge in [0.1, 0.15) is 0 Å². The monoisotopic (exact) mass is 321 g/mol. The topological polar surface area (TPSA) is 55.4 Å². The number of para-hydroxylation sites is 1. The first-order valence-electron chi connectivity index (χ1n) is 7.79. The Labute approximate surface area is 136 Å². The largest absolute Gasteiger partial charge is 0.465 e. The second-order valence-corrected chi connectivity index (χ2v) is 6.87. The molecule has 0 radical (unpaired) electrons. The van der Waals surface area contributed by atoms with E-state index in [1.807, 2.05) is 11.8 Å². The number of methoxy groups -OCH3 is 1. The lowest BCUT2D eigenvalue weighted by Gasteiger charge is -2.20. The number of carbonyl (C=O) groups is 2. The molecule has 1 aromatic carbocycles. The predicted octanol–water partition coefficient (Wildman–Crippen LogP) is 3.87. The summed E-state index contributed by atoms with van der Waals surface area (Å²) in [5.74, 6) is 0.337. The Morgan fingerprint density at radius 1 is 1.23 bits per heavy atom. The van der Waals surface area contributed by atoms with Crippen LogP contribution in [-0.2, 0) is 9.53 Å². The van der Waals surface area contributed by atoms with Crippen LogP contribution in [0.3, 0.4) is 0 Å². The van der Waals surface area contributed by atoms with E-state index in [9.17, 15) is 9.59 Å². The van der Waals surface area contributed by atoms with Crippen LogP contribution in [-0.4, -0.2) is 30.0 Å². The van der Waals surface area contributed by atoms with Gasteiger partial charge in [0, 0.05) is 17.4 Å². The summed E-state index contributed by atoms with van der Waals surface area (Å²) in [4.78, 5) is 23.7. The van der Waals surface area contributed by atoms with Gasteiger partial charge in [0.2, 0.25) is 5.91 Å². The SMILES string of the molecule is COC(=O)c1ccccc1NC(=O)CCSC1CCCCC1. The van der Waals surface area contributed by atoms with Gasteiger partial charge >= 0.3 is 5.97 Å². The second-order valence-electron chi connectivity index (χ2n) is 5.47. The molecule has 0 heterocycles. The minimum absolute atomic E-state index is 0.0559. The van der Waals surface area contributed by atoms with Crippen molar-refractivity contribution in [3.63, 3.8) is 0 Å². The quantitative estimate of drug-likeness (QED) is 0.808. The molecule has 2 rings (SSSR count). The maximum atomic E-state index is 12.0. The van der Waals surface area contributed by atoms with Gasteiger partial charge in [0.05, 0.1) is 18.4 Å². The summed E-state index contributed by atoms with van der Waals surface area (Å²) in [6.45, 7) is 0. The number of anilines is 1. The Bertz CT molecular complexity index is 512. The Hall–Kier alpha value is -1.49. The zero-order valence-electron chi connectivity index (χ0n) is 13.0. The zero-order chi connectivity index (χ0) is 15.8. The van der Waals surface area contributed by atoms with Gasteiger partial charge < -0.3 is 10.1 Å². The van der Waals surface area contributed by atoms with Gasteiger partial charge in [-0.2, -0.15) is 11.8 Å². The number of esters is 1. The Kier molecular flexibility index (Phi) is 6.77. The fourth-order valence-electron chi connectivity index (χ4n) is 2.64. The lowest BCUT2D eigenvalue weighted by atomic mass is 10.0. The number of hydrogen-bond acceptors (Lipinski definition) is 4. The van der Waals surface area contributed by atoms with Crippen molar-refractivity contribution in [2.24, 2.45) is 0 Å². The van der Waals surface area contributed by atoms with Crippen molar-refractivity contribution in [3.8, 4) is 0 Å². The van der Waals surface area contributed by atoms with Gasteiger partial charge in [-0.3, -0.25) is 4.79 Å². The van der Waals surface area contributed by atoms with Crippen molar-refractivity contribution in [1.29, 1.82) is 0 Å². The van der Waals surface area contributed by atoms with E-state index in [1.54, 1.807) is 24.3 Å². The molecule has 0 bridgehead atoms. The summed E-state index contributed by atoms with van der Waals surface area (Å²) in [7, 11) is 1.34. The van der Waals surface area contributed by atoms with Crippen LogP contribution >= 0.6 is 11.8 Å². The van der Waals surface area contributed by atoms with Crippen LogP contribution in [0.1, 0.15) is 48.9 Å². The van der Waals surface area contributed by atoms with Crippen molar-refractivity contribution in [2.45, 2.75) is 43.8 Å². The first-order valence-corrected chi connectivity index (χ1v) is 8.84. The van der Waals surface area contributed by atoms with E-state index in [4.69, 9.17) is 4.74 Å². The van der Waals surface area contributed by atoms with Gasteiger partial charge in [-0.1, -0.05) is 31.4 Å². The lowest BCUT2D eigenvalue weighted by molar-refractivity contribution is -0.115. The number of hydrogen-bond donors (Lipinski definition) is 1. The average molecular weight is 321 g/mol. The molecule has 0 spiro atoms. The molecule has 1 fully saturated rings. The molecule has 22 heavy (non-hydrogen) atoms. The van der Waals surface area contributed by atoms with Crippen molar-refractivity contribution in [1.82, 2.24) is 0 Å². The first kappa shape index (κ1) is 16.9. The molecule has 1 saturated carbocycles. The van der Waals surface area contributed by atoms with E-state index in [2.05, 4.69) is 5.32 Å². The van der Waals surface area contributed by atoms with Crippen LogP contribution in [0.4, 0.5) is 5.69 Å². The Morgan fingerprint density at radius 3 is 2.68 bits per heavy atom.